The van der Waals surface area contributed by atoms with E-state index in [0.29, 0.717) is 39.5 Å². The van der Waals surface area contributed by atoms with Crippen LogP contribution >= 0.6 is 0 Å². The van der Waals surface area contributed by atoms with Gasteiger partial charge in [0.05, 0.1) is 11.9 Å². The molecule has 2 aromatic carbocycles. The van der Waals surface area contributed by atoms with Crippen LogP contribution in [0.5, 0.6) is 0 Å². The van der Waals surface area contributed by atoms with Gasteiger partial charge in [-0.1, -0.05) is 18.9 Å². The second kappa shape index (κ2) is 9.53. The Kier molecular flexibility index (Phi) is 5.91. The Morgan fingerprint density at radius 3 is 2.76 bits per heavy atom. The molecule has 3 heterocycles. The summed E-state index contributed by atoms with van der Waals surface area (Å²) < 4.78 is 29.6. The van der Waals surface area contributed by atoms with Gasteiger partial charge in [0.15, 0.2) is 11.3 Å². The van der Waals surface area contributed by atoms with Crippen LogP contribution in [0.25, 0.3) is 28.0 Å². The first-order valence-electron chi connectivity index (χ1n) is 12.1. The summed E-state index contributed by atoms with van der Waals surface area (Å²) in [6, 6.07) is 10.6. The number of imidazole rings is 1. The van der Waals surface area contributed by atoms with Gasteiger partial charge in [0.25, 0.3) is 5.91 Å². The standard InChI is InChI=1S/C27H23F2N7O/c28-20-6-3-7-22(11-20)36-14-19(13-33-36)18-8-16(9-21(29)10-18)12-30-27(37)24-23-26(32-15-31-24)35-25(34-23)17-4-1-2-5-17/h3,6-11,13-15,17H,1-2,4-5,12H2,(H,30,37)(H,31,32,34,35). The minimum Gasteiger partial charge on any atom is -0.347 e. The molecule has 0 atom stereocenters. The highest BCUT2D eigenvalue weighted by molar-refractivity contribution is 6.02. The normalized spacial score (nSPS) is 13.9. The van der Waals surface area contributed by atoms with Crippen molar-refractivity contribution in [2.24, 2.45) is 0 Å². The number of aromatic amines is 1. The third-order valence-corrected chi connectivity index (χ3v) is 6.66. The molecule has 6 rings (SSSR count). The van der Waals surface area contributed by atoms with E-state index in [1.807, 2.05) is 0 Å². The van der Waals surface area contributed by atoms with Gasteiger partial charge in [0.2, 0.25) is 0 Å². The summed E-state index contributed by atoms with van der Waals surface area (Å²) in [6.07, 6.45) is 9.08. The molecule has 1 saturated carbocycles. The van der Waals surface area contributed by atoms with Crippen LogP contribution in [-0.4, -0.2) is 35.6 Å². The fourth-order valence-corrected chi connectivity index (χ4v) is 4.83. The molecule has 2 N–H and O–H groups in total. The minimum atomic E-state index is -0.445. The van der Waals surface area contributed by atoms with Gasteiger partial charge in [-0.2, -0.15) is 5.10 Å². The molecule has 1 aliphatic carbocycles. The summed E-state index contributed by atoms with van der Waals surface area (Å²) in [4.78, 5) is 29.2. The topological polar surface area (TPSA) is 101 Å². The number of amides is 1. The van der Waals surface area contributed by atoms with Crippen molar-refractivity contribution in [1.29, 1.82) is 0 Å². The van der Waals surface area contributed by atoms with E-state index in [9.17, 15) is 13.6 Å². The first-order valence-corrected chi connectivity index (χ1v) is 12.1. The lowest BCUT2D eigenvalue weighted by Gasteiger charge is -2.08. The molecule has 8 nitrogen and oxygen atoms in total. The SMILES string of the molecule is O=C(NCc1cc(F)cc(-c2cnn(-c3cccc(F)c3)c2)c1)c1ncnc2nc(C3CCCC3)[nH]c12. The molecule has 0 saturated heterocycles. The number of rotatable bonds is 6. The summed E-state index contributed by atoms with van der Waals surface area (Å²) in [5.74, 6) is -0.0286. The van der Waals surface area contributed by atoms with Crippen LogP contribution in [0.4, 0.5) is 8.78 Å². The molecule has 0 spiro atoms. The molecule has 1 aliphatic rings. The number of hydrogen-bond acceptors (Lipinski definition) is 5. The summed E-state index contributed by atoms with van der Waals surface area (Å²) in [5.41, 5.74) is 3.55. The first kappa shape index (κ1) is 23.0. The number of H-pyrrole nitrogens is 1. The van der Waals surface area contributed by atoms with E-state index < -0.39 is 11.7 Å². The monoisotopic (exact) mass is 499 g/mol. The predicted molar refractivity (Wildman–Crippen MR) is 133 cm³/mol. The van der Waals surface area contributed by atoms with Crippen molar-refractivity contribution >= 4 is 17.1 Å². The van der Waals surface area contributed by atoms with Gasteiger partial charge >= 0.3 is 0 Å². The van der Waals surface area contributed by atoms with E-state index in [0.717, 1.165) is 18.7 Å². The van der Waals surface area contributed by atoms with Gasteiger partial charge in [-0.15, -0.1) is 0 Å². The third-order valence-electron chi connectivity index (χ3n) is 6.66. The molecule has 10 heteroatoms. The molecule has 0 bridgehead atoms. The van der Waals surface area contributed by atoms with Crippen LogP contribution in [0, 0.1) is 11.6 Å². The molecule has 1 fully saturated rings. The molecule has 0 radical (unpaired) electrons. The minimum absolute atomic E-state index is 0.0940. The smallest absolute Gasteiger partial charge is 0.272 e. The van der Waals surface area contributed by atoms with Crippen molar-refractivity contribution < 1.29 is 13.6 Å². The zero-order valence-corrected chi connectivity index (χ0v) is 19.8. The molecule has 37 heavy (non-hydrogen) atoms. The zero-order valence-electron chi connectivity index (χ0n) is 19.8. The Morgan fingerprint density at radius 2 is 1.92 bits per heavy atom. The van der Waals surface area contributed by atoms with Gasteiger partial charge < -0.3 is 10.3 Å². The molecule has 0 unspecified atom stereocenters. The van der Waals surface area contributed by atoms with E-state index in [1.165, 1.54) is 48.1 Å². The van der Waals surface area contributed by atoms with Crippen LogP contribution < -0.4 is 5.32 Å². The van der Waals surface area contributed by atoms with Crippen LogP contribution in [0.15, 0.2) is 61.2 Å². The number of nitrogens with zero attached hydrogens (tertiary/aromatic N) is 5. The maximum Gasteiger partial charge on any atom is 0.272 e. The highest BCUT2D eigenvalue weighted by Crippen LogP contribution is 2.33. The van der Waals surface area contributed by atoms with Gasteiger partial charge in [-0.05, 0) is 60.4 Å². The Labute approximate surface area is 210 Å². The predicted octanol–water partition coefficient (Wildman–Crippen LogP) is 5.07. The first-order chi connectivity index (χ1) is 18.0. The quantitative estimate of drug-likeness (QED) is 0.340. The van der Waals surface area contributed by atoms with Gasteiger partial charge in [0, 0.05) is 24.2 Å². The number of carbonyl (C=O) groups is 1. The van der Waals surface area contributed by atoms with Crippen molar-refractivity contribution in [3.63, 3.8) is 0 Å². The number of aromatic nitrogens is 6. The summed E-state index contributed by atoms with van der Waals surface area (Å²) >= 11 is 0. The lowest BCUT2D eigenvalue weighted by molar-refractivity contribution is 0.0947. The molecule has 1 amide bonds. The van der Waals surface area contributed by atoms with E-state index in [1.54, 1.807) is 30.6 Å². The summed E-state index contributed by atoms with van der Waals surface area (Å²) in [7, 11) is 0. The Balaban J connectivity index is 1.20. The van der Waals surface area contributed by atoms with Crippen LogP contribution in [0.1, 0.15) is 53.5 Å². The lowest BCUT2D eigenvalue weighted by Crippen LogP contribution is -2.24. The number of nitrogens with one attached hydrogen (secondary N) is 2. The highest BCUT2D eigenvalue weighted by atomic mass is 19.1. The number of halogens is 2. The van der Waals surface area contributed by atoms with E-state index in [4.69, 9.17) is 0 Å². The zero-order chi connectivity index (χ0) is 25.4. The average molecular weight is 500 g/mol. The van der Waals surface area contributed by atoms with Crippen LogP contribution in [0.2, 0.25) is 0 Å². The number of carbonyl (C=O) groups excluding carboxylic acids is 1. The second-order valence-electron chi connectivity index (χ2n) is 9.21. The molecule has 186 valence electrons. The van der Waals surface area contributed by atoms with Crippen LogP contribution in [-0.2, 0) is 6.54 Å². The van der Waals surface area contributed by atoms with Crippen LogP contribution in [0.3, 0.4) is 0 Å². The molecule has 3 aromatic heterocycles. The third kappa shape index (κ3) is 4.69. The highest BCUT2D eigenvalue weighted by Gasteiger charge is 2.23. The summed E-state index contributed by atoms with van der Waals surface area (Å²) in [6.45, 7) is 0.0940. The fourth-order valence-electron chi connectivity index (χ4n) is 4.83. The molecule has 0 aliphatic heterocycles. The molecular formula is C27H23F2N7O. The van der Waals surface area contributed by atoms with Crippen molar-refractivity contribution in [1.82, 2.24) is 35.0 Å². The van der Waals surface area contributed by atoms with Crippen molar-refractivity contribution in [2.45, 2.75) is 38.1 Å². The van der Waals surface area contributed by atoms with Gasteiger partial charge in [-0.25, -0.2) is 28.4 Å². The van der Waals surface area contributed by atoms with E-state index in [2.05, 4.69) is 30.4 Å². The molecule has 5 aromatic rings. The Morgan fingerprint density at radius 1 is 1.05 bits per heavy atom. The largest absolute Gasteiger partial charge is 0.347 e. The summed E-state index contributed by atoms with van der Waals surface area (Å²) in [5, 5.41) is 7.09. The maximum atomic E-state index is 14.5. The molecular weight excluding hydrogens is 476 g/mol. The van der Waals surface area contributed by atoms with E-state index >= 15 is 0 Å². The van der Waals surface area contributed by atoms with Gasteiger partial charge in [-0.3, -0.25) is 4.79 Å². The van der Waals surface area contributed by atoms with Crippen molar-refractivity contribution in [3.8, 4) is 16.8 Å². The lowest BCUT2D eigenvalue weighted by atomic mass is 10.1. The number of fused-ring (bicyclic) bond motifs is 1. The van der Waals surface area contributed by atoms with Gasteiger partial charge in [0.1, 0.15) is 29.3 Å². The van der Waals surface area contributed by atoms with E-state index in [-0.39, 0.29) is 18.1 Å². The van der Waals surface area contributed by atoms with Crippen molar-refractivity contribution in [2.75, 3.05) is 0 Å². The second-order valence-corrected chi connectivity index (χ2v) is 9.21. The Bertz CT molecular complexity index is 1600. The Hall–Kier alpha value is -4.47. The fraction of sp³-hybridized carbons (Fsp3) is 0.222. The number of benzene rings is 2. The maximum absolute atomic E-state index is 14.5. The average Bonchev–Trinajstić information content (AvgIpc) is 3.67. The number of hydrogen-bond donors (Lipinski definition) is 2. The van der Waals surface area contributed by atoms with Crippen molar-refractivity contribution in [3.05, 3.63) is 89.9 Å².